The Bertz CT molecular complexity index is 964. The molecular weight excluding hydrogens is 512 g/mol. The summed E-state index contributed by atoms with van der Waals surface area (Å²) in [5.41, 5.74) is 0.779. The van der Waals surface area contributed by atoms with Crippen molar-refractivity contribution in [2.75, 3.05) is 26.4 Å². The quantitative estimate of drug-likeness (QED) is 0.221. The molecule has 1 spiro atoms. The number of esters is 2. The highest BCUT2D eigenvalue weighted by molar-refractivity contribution is 5.88. The van der Waals surface area contributed by atoms with Crippen LogP contribution < -0.4 is 0 Å². The van der Waals surface area contributed by atoms with Gasteiger partial charge in [0, 0.05) is 29.8 Å². The molecule has 3 saturated carbocycles. The zero-order valence-electron chi connectivity index (χ0n) is 24.4. The zero-order valence-corrected chi connectivity index (χ0v) is 24.4. The first-order valence-electron chi connectivity index (χ1n) is 15.4. The first kappa shape index (κ1) is 29.7. The Kier molecular flexibility index (Phi) is 9.10. The van der Waals surface area contributed by atoms with Crippen molar-refractivity contribution in [2.45, 2.75) is 114 Å². The van der Waals surface area contributed by atoms with Gasteiger partial charge in [0.15, 0.2) is 0 Å². The Morgan fingerprint density at radius 2 is 1.65 bits per heavy atom. The minimum Gasteiger partial charge on any atom is -0.459 e. The molecule has 0 radical (unpaired) electrons. The first-order valence-corrected chi connectivity index (χ1v) is 15.4. The SMILES string of the molecule is C=C(C)C(=O)OC1CCC(COCC2CCC3OC3(CCC(=C)C(=O)OC3CC(C)C4(COC4)CC3O)C2)CC1. The van der Waals surface area contributed by atoms with Crippen molar-refractivity contribution in [3.05, 3.63) is 24.3 Å². The van der Waals surface area contributed by atoms with Crippen LogP contribution in [-0.2, 0) is 33.3 Å². The number of hydrogen-bond donors (Lipinski definition) is 1. The second-order valence-electron chi connectivity index (χ2n) is 13.5. The van der Waals surface area contributed by atoms with Crippen LogP contribution in [0.4, 0.5) is 0 Å². The lowest BCUT2D eigenvalue weighted by atomic mass is 9.64. The molecule has 6 atom stereocenters. The molecule has 5 rings (SSSR count). The van der Waals surface area contributed by atoms with E-state index in [1.807, 2.05) is 0 Å². The molecule has 8 nitrogen and oxygen atoms in total. The van der Waals surface area contributed by atoms with Gasteiger partial charge in [-0.15, -0.1) is 0 Å². The monoisotopic (exact) mass is 560 g/mol. The molecule has 1 N–H and O–H groups in total. The second-order valence-corrected chi connectivity index (χ2v) is 13.5. The number of aliphatic hydroxyl groups excluding tert-OH is 1. The van der Waals surface area contributed by atoms with Gasteiger partial charge in [0.1, 0.15) is 12.2 Å². The maximum Gasteiger partial charge on any atom is 0.333 e. The van der Waals surface area contributed by atoms with Gasteiger partial charge in [-0.2, -0.15) is 0 Å². The van der Waals surface area contributed by atoms with Crippen molar-refractivity contribution < 1.29 is 38.4 Å². The Morgan fingerprint density at radius 1 is 0.950 bits per heavy atom. The number of ether oxygens (including phenoxy) is 5. The van der Waals surface area contributed by atoms with Crippen LogP contribution in [0.5, 0.6) is 0 Å². The van der Waals surface area contributed by atoms with Crippen LogP contribution in [0.1, 0.15) is 84.5 Å². The maximum absolute atomic E-state index is 12.8. The number of carbonyl (C=O) groups excluding carboxylic acids is 2. The van der Waals surface area contributed by atoms with Crippen LogP contribution in [0.25, 0.3) is 0 Å². The lowest BCUT2D eigenvalue weighted by Crippen LogP contribution is -2.56. The van der Waals surface area contributed by atoms with Crippen LogP contribution in [0, 0.1) is 23.2 Å². The topological polar surface area (TPSA) is 104 Å². The van der Waals surface area contributed by atoms with Crippen molar-refractivity contribution in [1.29, 1.82) is 0 Å². The smallest absolute Gasteiger partial charge is 0.333 e. The molecule has 0 aromatic rings. The van der Waals surface area contributed by atoms with Gasteiger partial charge in [-0.3, -0.25) is 0 Å². The summed E-state index contributed by atoms with van der Waals surface area (Å²) in [5.74, 6) is 0.620. The third-order valence-electron chi connectivity index (χ3n) is 10.4. The molecule has 6 unspecified atom stereocenters. The normalized spacial score (nSPS) is 38.0. The lowest BCUT2D eigenvalue weighted by molar-refractivity contribution is -0.206. The highest BCUT2D eigenvalue weighted by Crippen LogP contribution is 2.53. The molecule has 5 aliphatic rings. The summed E-state index contributed by atoms with van der Waals surface area (Å²) in [6.45, 7) is 14.4. The molecule has 0 amide bonds. The first-order chi connectivity index (χ1) is 19.1. The van der Waals surface area contributed by atoms with Crippen molar-refractivity contribution >= 4 is 11.9 Å². The highest BCUT2D eigenvalue weighted by atomic mass is 16.6. The van der Waals surface area contributed by atoms with Crippen LogP contribution in [0.2, 0.25) is 0 Å². The van der Waals surface area contributed by atoms with Crippen molar-refractivity contribution in [1.82, 2.24) is 0 Å². The maximum atomic E-state index is 12.8. The Morgan fingerprint density at radius 3 is 2.33 bits per heavy atom. The van der Waals surface area contributed by atoms with Gasteiger partial charge < -0.3 is 28.8 Å². The fourth-order valence-electron chi connectivity index (χ4n) is 7.35. The molecule has 0 aromatic heterocycles. The van der Waals surface area contributed by atoms with E-state index in [9.17, 15) is 14.7 Å². The molecular formula is C32H48O8. The Hall–Kier alpha value is -1.74. The number of carbonyl (C=O) groups is 2. The standard InChI is InChI=1S/C32H48O8/c1-20(2)29(34)38-25-8-5-23(6-9-25)16-36-17-24-7-10-28-32(14-24,40-28)12-11-21(3)30(35)39-27-13-22(4)31(15-26(27)33)18-37-19-31/h22-28,33H,1,3,5-19H2,2,4H3. The number of epoxide rings is 1. The molecule has 2 heterocycles. The van der Waals surface area contributed by atoms with E-state index in [0.717, 1.165) is 64.6 Å². The summed E-state index contributed by atoms with van der Waals surface area (Å²) in [6.07, 6.45) is 8.59. The van der Waals surface area contributed by atoms with E-state index in [4.69, 9.17) is 23.7 Å². The zero-order chi connectivity index (χ0) is 28.5. The summed E-state index contributed by atoms with van der Waals surface area (Å²) in [5, 5.41) is 10.6. The van der Waals surface area contributed by atoms with Gasteiger partial charge >= 0.3 is 11.9 Å². The van der Waals surface area contributed by atoms with E-state index in [1.54, 1.807) is 6.92 Å². The van der Waals surface area contributed by atoms with E-state index < -0.39 is 18.2 Å². The minimum absolute atomic E-state index is 0.000435. The van der Waals surface area contributed by atoms with Crippen molar-refractivity contribution in [2.24, 2.45) is 23.2 Å². The van der Waals surface area contributed by atoms with Gasteiger partial charge in [-0.1, -0.05) is 20.1 Å². The van der Waals surface area contributed by atoms with Crippen LogP contribution in [0.3, 0.4) is 0 Å². The summed E-state index contributed by atoms with van der Waals surface area (Å²) in [6, 6.07) is 0. The average molecular weight is 561 g/mol. The van der Waals surface area contributed by atoms with Crippen LogP contribution in [-0.4, -0.2) is 73.5 Å². The highest BCUT2D eigenvalue weighted by Gasteiger charge is 2.58. The molecule has 3 aliphatic carbocycles. The predicted molar refractivity (Wildman–Crippen MR) is 148 cm³/mol. The van der Waals surface area contributed by atoms with Crippen molar-refractivity contribution in [3.8, 4) is 0 Å². The largest absolute Gasteiger partial charge is 0.459 e. The fourth-order valence-corrected chi connectivity index (χ4v) is 7.35. The molecule has 2 saturated heterocycles. The molecule has 8 heteroatoms. The molecule has 5 fully saturated rings. The number of fused-ring (bicyclic) bond motifs is 1. The number of rotatable bonds is 11. The third-order valence-corrected chi connectivity index (χ3v) is 10.4. The van der Waals surface area contributed by atoms with Crippen LogP contribution in [0.15, 0.2) is 24.3 Å². The Balaban J connectivity index is 0.987. The third kappa shape index (κ3) is 6.66. The van der Waals surface area contributed by atoms with Crippen LogP contribution >= 0.6 is 0 Å². The van der Waals surface area contributed by atoms with Gasteiger partial charge in [0.05, 0.1) is 31.0 Å². The molecule has 0 aromatic carbocycles. The van der Waals surface area contributed by atoms with Gasteiger partial charge in [-0.05, 0) is 95.3 Å². The van der Waals surface area contributed by atoms with E-state index in [2.05, 4.69) is 20.1 Å². The second kappa shape index (κ2) is 12.2. The van der Waals surface area contributed by atoms with Gasteiger partial charge in [0.25, 0.3) is 0 Å². The number of hydrogen-bond acceptors (Lipinski definition) is 8. The van der Waals surface area contributed by atoms with E-state index in [-0.39, 0.29) is 29.2 Å². The van der Waals surface area contributed by atoms with E-state index in [0.29, 0.717) is 61.4 Å². The van der Waals surface area contributed by atoms with Gasteiger partial charge in [0.2, 0.25) is 0 Å². The Labute approximate surface area is 238 Å². The summed E-state index contributed by atoms with van der Waals surface area (Å²) >= 11 is 0. The van der Waals surface area contributed by atoms with Gasteiger partial charge in [-0.25, -0.2) is 9.59 Å². The minimum atomic E-state index is -0.653. The van der Waals surface area contributed by atoms with E-state index in [1.165, 1.54) is 0 Å². The number of aliphatic hydroxyl groups is 1. The predicted octanol–water partition coefficient (Wildman–Crippen LogP) is 4.67. The summed E-state index contributed by atoms with van der Waals surface area (Å²) < 4.78 is 29.0. The summed E-state index contributed by atoms with van der Waals surface area (Å²) in [7, 11) is 0. The lowest BCUT2D eigenvalue weighted by Gasteiger charge is -2.52. The van der Waals surface area contributed by atoms with E-state index >= 15 is 0 Å². The molecule has 0 bridgehead atoms. The molecule has 2 aliphatic heterocycles. The van der Waals surface area contributed by atoms with Crippen molar-refractivity contribution in [3.63, 3.8) is 0 Å². The average Bonchev–Trinajstić information content (AvgIpc) is 3.63. The molecule has 224 valence electrons. The summed E-state index contributed by atoms with van der Waals surface area (Å²) in [4.78, 5) is 24.6. The molecule has 40 heavy (non-hydrogen) atoms. The fraction of sp³-hybridized carbons (Fsp3) is 0.812.